The van der Waals surface area contributed by atoms with Gasteiger partial charge in [0.2, 0.25) is 0 Å². The van der Waals surface area contributed by atoms with Crippen LogP contribution in [0.5, 0.6) is 0 Å². The highest BCUT2D eigenvalue weighted by Gasteiger charge is 2.24. The second-order valence-electron chi connectivity index (χ2n) is 14.0. The van der Waals surface area contributed by atoms with Crippen LogP contribution in [-0.4, -0.2) is 0 Å². The van der Waals surface area contributed by atoms with Crippen molar-refractivity contribution in [2.24, 2.45) is 0 Å². The standard InChI is InChI=1S/C52H33NO2/c1-3-14-34(15-4-1)38-32-33-39(42-19-8-7-18-41(38)42)36-28-30-37(31-29-36)53(46-24-13-27-49-50(46)45-20-9-10-26-48(45)54-49)47-25-12-23-44-43-22-11-21-40(51(43)55-52(44)47)35-16-5-2-6-17-35/h1-33H. The summed E-state index contributed by atoms with van der Waals surface area (Å²) in [7, 11) is 0. The lowest BCUT2D eigenvalue weighted by Crippen LogP contribution is -2.10. The van der Waals surface area contributed by atoms with E-state index in [4.69, 9.17) is 8.83 Å². The van der Waals surface area contributed by atoms with E-state index in [0.29, 0.717) is 0 Å². The third-order valence-corrected chi connectivity index (χ3v) is 10.9. The van der Waals surface area contributed by atoms with E-state index in [1.54, 1.807) is 0 Å². The second-order valence-corrected chi connectivity index (χ2v) is 14.0. The molecule has 0 fully saturated rings. The Kier molecular flexibility index (Phi) is 7.17. The molecule has 258 valence electrons. The van der Waals surface area contributed by atoms with Crippen LogP contribution < -0.4 is 4.90 Å². The van der Waals surface area contributed by atoms with E-state index in [9.17, 15) is 0 Å². The highest BCUT2D eigenvalue weighted by atomic mass is 16.3. The molecule has 2 heterocycles. The van der Waals surface area contributed by atoms with E-state index in [2.05, 4.69) is 187 Å². The summed E-state index contributed by atoms with van der Waals surface area (Å²) >= 11 is 0. The highest BCUT2D eigenvalue weighted by molar-refractivity contribution is 6.17. The van der Waals surface area contributed by atoms with Gasteiger partial charge in [-0.3, -0.25) is 0 Å². The molecule has 0 aliphatic heterocycles. The molecule has 0 saturated carbocycles. The molecule has 0 amide bonds. The van der Waals surface area contributed by atoms with E-state index >= 15 is 0 Å². The molecule has 0 N–H and O–H groups in total. The molecular formula is C52H33NO2. The van der Waals surface area contributed by atoms with Crippen LogP contribution in [0.3, 0.4) is 0 Å². The molecule has 0 atom stereocenters. The third-order valence-electron chi connectivity index (χ3n) is 10.9. The molecule has 3 nitrogen and oxygen atoms in total. The lowest BCUT2D eigenvalue weighted by Gasteiger charge is -2.26. The summed E-state index contributed by atoms with van der Waals surface area (Å²) in [4.78, 5) is 2.33. The van der Waals surface area contributed by atoms with E-state index in [-0.39, 0.29) is 0 Å². The summed E-state index contributed by atoms with van der Waals surface area (Å²) in [6.07, 6.45) is 0. The van der Waals surface area contributed by atoms with Crippen molar-refractivity contribution >= 4 is 71.7 Å². The molecule has 0 aliphatic rings. The summed E-state index contributed by atoms with van der Waals surface area (Å²) in [6.45, 7) is 0. The molecule has 0 radical (unpaired) electrons. The van der Waals surface area contributed by atoms with Gasteiger partial charge in [0.15, 0.2) is 5.58 Å². The molecule has 2 aromatic heterocycles. The minimum absolute atomic E-state index is 0.831. The van der Waals surface area contributed by atoms with Gasteiger partial charge in [0.1, 0.15) is 16.7 Å². The quantitative estimate of drug-likeness (QED) is 0.173. The van der Waals surface area contributed by atoms with Crippen LogP contribution in [0.4, 0.5) is 17.1 Å². The lowest BCUT2D eigenvalue weighted by atomic mass is 9.92. The Morgan fingerprint density at radius 1 is 0.291 bits per heavy atom. The van der Waals surface area contributed by atoms with Gasteiger partial charge >= 0.3 is 0 Å². The summed E-state index contributed by atoms with van der Waals surface area (Å²) in [6, 6.07) is 70.8. The van der Waals surface area contributed by atoms with Gasteiger partial charge in [-0.25, -0.2) is 0 Å². The van der Waals surface area contributed by atoms with Crippen molar-refractivity contribution in [2.75, 3.05) is 4.90 Å². The first kappa shape index (κ1) is 31.2. The number of nitrogens with zero attached hydrogens (tertiary/aromatic N) is 1. The molecule has 0 spiro atoms. The van der Waals surface area contributed by atoms with Gasteiger partial charge in [-0.1, -0.05) is 164 Å². The fourth-order valence-electron chi connectivity index (χ4n) is 8.39. The van der Waals surface area contributed by atoms with Crippen molar-refractivity contribution in [1.82, 2.24) is 0 Å². The Morgan fingerprint density at radius 3 is 1.51 bits per heavy atom. The van der Waals surface area contributed by atoms with Crippen LogP contribution in [-0.2, 0) is 0 Å². The molecule has 11 rings (SSSR count). The largest absolute Gasteiger partial charge is 0.456 e. The number of benzene rings is 9. The van der Waals surface area contributed by atoms with E-state index in [0.717, 1.165) is 77.6 Å². The minimum atomic E-state index is 0.831. The molecule has 55 heavy (non-hydrogen) atoms. The van der Waals surface area contributed by atoms with Crippen molar-refractivity contribution in [3.63, 3.8) is 0 Å². The summed E-state index contributed by atoms with van der Waals surface area (Å²) in [5, 5.41) is 6.75. The topological polar surface area (TPSA) is 29.5 Å². The summed E-state index contributed by atoms with van der Waals surface area (Å²) in [5.74, 6) is 0. The number of hydrogen-bond acceptors (Lipinski definition) is 3. The van der Waals surface area contributed by atoms with Gasteiger partial charge in [0.05, 0.1) is 16.8 Å². The Labute approximate surface area is 317 Å². The zero-order valence-corrected chi connectivity index (χ0v) is 29.8. The normalized spacial score (nSPS) is 11.6. The average Bonchev–Trinajstić information content (AvgIpc) is 3.84. The van der Waals surface area contributed by atoms with Crippen molar-refractivity contribution < 1.29 is 8.83 Å². The van der Waals surface area contributed by atoms with E-state index in [1.165, 1.54) is 27.5 Å². The van der Waals surface area contributed by atoms with Crippen LogP contribution in [0.1, 0.15) is 0 Å². The Bertz CT molecular complexity index is 3190. The van der Waals surface area contributed by atoms with Crippen LogP contribution in [0, 0.1) is 0 Å². The molecule has 11 aromatic rings. The van der Waals surface area contributed by atoms with Crippen LogP contribution >= 0.6 is 0 Å². The maximum Gasteiger partial charge on any atom is 0.159 e. The Morgan fingerprint density at radius 2 is 0.800 bits per heavy atom. The molecular weight excluding hydrogens is 671 g/mol. The van der Waals surface area contributed by atoms with Crippen LogP contribution in [0.25, 0.3) is 88.0 Å². The average molecular weight is 704 g/mol. The van der Waals surface area contributed by atoms with Crippen molar-refractivity contribution in [3.8, 4) is 33.4 Å². The first-order valence-electron chi connectivity index (χ1n) is 18.7. The van der Waals surface area contributed by atoms with Gasteiger partial charge in [0, 0.05) is 27.4 Å². The zero-order valence-electron chi connectivity index (χ0n) is 29.8. The predicted molar refractivity (Wildman–Crippen MR) is 229 cm³/mol. The van der Waals surface area contributed by atoms with Crippen molar-refractivity contribution in [2.45, 2.75) is 0 Å². The van der Waals surface area contributed by atoms with Crippen molar-refractivity contribution in [3.05, 3.63) is 200 Å². The van der Waals surface area contributed by atoms with Gasteiger partial charge < -0.3 is 13.7 Å². The number of hydrogen-bond donors (Lipinski definition) is 0. The maximum atomic E-state index is 7.00. The highest BCUT2D eigenvalue weighted by Crippen LogP contribution is 2.48. The monoisotopic (exact) mass is 703 g/mol. The first-order valence-corrected chi connectivity index (χ1v) is 18.7. The molecule has 9 aromatic carbocycles. The number of furan rings is 2. The van der Waals surface area contributed by atoms with Gasteiger partial charge in [0.25, 0.3) is 0 Å². The predicted octanol–water partition coefficient (Wildman–Crippen LogP) is 15.1. The minimum Gasteiger partial charge on any atom is -0.456 e. The van der Waals surface area contributed by atoms with E-state index in [1.807, 2.05) is 18.2 Å². The molecule has 0 saturated heterocycles. The van der Waals surface area contributed by atoms with Gasteiger partial charge in [-0.15, -0.1) is 0 Å². The maximum absolute atomic E-state index is 7.00. The smallest absolute Gasteiger partial charge is 0.159 e. The lowest BCUT2D eigenvalue weighted by molar-refractivity contribution is 0.668. The fourth-order valence-corrected chi connectivity index (χ4v) is 8.39. The fraction of sp³-hybridized carbons (Fsp3) is 0. The molecule has 0 aliphatic carbocycles. The summed E-state index contributed by atoms with van der Waals surface area (Å²) in [5.41, 5.74) is 13.4. The van der Waals surface area contributed by atoms with E-state index < -0.39 is 0 Å². The number of rotatable bonds is 6. The number of para-hydroxylation sites is 3. The SMILES string of the molecule is c1ccc(-c2ccc(-c3ccc(N(c4cccc5c4oc4c(-c6ccccc6)cccc45)c4cccc5oc6ccccc6c45)cc3)c3ccccc23)cc1. The third kappa shape index (κ3) is 5.05. The van der Waals surface area contributed by atoms with Crippen molar-refractivity contribution in [1.29, 1.82) is 0 Å². The first-order chi connectivity index (χ1) is 27.3. The zero-order chi connectivity index (χ0) is 36.3. The number of fused-ring (bicyclic) bond motifs is 7. The number of anilines is 3. The molecule has 3 heteroatoms. The second kappa shape index (κ2) is 12.6. The molecule has 0 unspecified atom stereocenters. The summed E-state index contributed by atoms with van der Waals surface area (Å²) < 4.78 is 13.4. The van der Waals surface area contributed by atoms with Crippen LogP contribution in [0.2, 0.25) is 0 Å². The molecule has 0 bridgehead atoms. The van der Waals surface area contributed by atoms with Gasteiger partial charge in [-0.2, -0.15) is 0 Å². The van der Waals surface area contributed by atoms with Gasteiger partial charge in [-0.05, 0) is 75.0 Å². The Hall–Kier alpha value is -7.36. The Balaban J connectivity index is 1.12. The van der Waals surface area contributed by atoms with Crippen LogP contribution in [0.15, 0.2) is 209 Å².